The molecule has 0 aromatic heterocycles. The molecule has 1 fully saturated rings. The summed E-state index contributed by atoms with van der Waals surface area (Å²) in [6.45, 7) is 22.7. The summed E-state index contributed by atoms with van der Waals surface area (Å²) in [7, 11) is -0.453. The Labute approximate surface area is 162 Å². The summed E-state index contributed by atoms with van der Waals surface area (Å²) in [5.74, 6) is 1.46. The molecule has 0 bridgehead atoms. The molecule has 0 atom stereocenters. The van der Waals surface area contributed by atoms with E-state index in [9.17, 15) is 0 Å². The van der Waals surface area contributed by atoms with Crippen LogP contribution >= 0.6 is 0 Å². The summed E-state index contributed by atoms with van der Waals surface area (Å²) >= 11 is 0. The molecular formula is C21H32BN2O3+. The number of hydrogen-bond donors (Lipinski definition) is 0. The van der Waals surface area contributed by atoms with Crippen LogP contribution in [0.2, 0.25) is 0 Å². The van der Waals surface area contributed by atoms with Crippen LogP contribution in [0.1, 0.15) is 62.3 Å². The van der Waals surface area contributed by atoms with Crippen molar-refractivity contribution in [3.05, 3.63) is 35.2 Å². The van der Waals surface area contributed by atoms with Gasteiger partial charge in [0, 0.05) is 0 Å². The Morgan fingerprint density at radius 3 is 2.15 bits per heavy atom. The topological polar surface area (TPSA) is 43.1 Å². The van der Waals surface area contributed by atoms with Gasteiger partial charge >= 0.3 is 12.9 Å². The van der Waals surface area contributed by atoms with E-state index in [0.29, 0.717) is 0 Å². The molecule has 2 aliphatic rings. The predicted molar refractivity (Wildman–Crippen MR) is 109 cm³/mol. The van der Waals surface area contributed by atoms with E-state index in [0.717, 1.165) is 27.7 Å². The molecule has 3 rings (SSSR count). The molecule has 1 aromatic rings. The van der Waals surface area contributed by atoms with Crippen LogP contribution < -0.4 is 25.5 Å². The molecule has 1 aromatic carbocycles. The summed E-state index contributed by atoms with van der Waals surface area (Å²) < 4.78 is 20.9. The van der Waals surface area contributed by atoms with Gasteiger partial charge in [-0.3, -0.25) is 0 Å². The zero-order valence-electron chi connectivity index (χ0n) is 18.1. The molecule has 0 saturated carbocycles. The number of fused-ring (bicyclic) bond motifs is 1. The monoisotopic (exact) mass is 371 g/mol. The largest absolute Gasteiger partial charge is 0.495 e. The van der Waals surface area contributed by atoms with Crippen molar-refractivity contribution < 1.29 is 14.0 Å². The minimum Gasteiger partial charge on any atom is -0.483 e. The fourth-order valence-electron chi connectivity index (χ4n) is 3.33. The van der Waals surface area contributed by atoms with Gasteiger partial charge in [0.15, 0.2) is 11.1 Å². The van der Waals surface area contributed by atoms with Gasteiger partial charge in [-0.15, -0.1) is 0 Å². The van der Waals surface area contributed by atoms with Crippen LogP contribution in [0.25, 0.3) is 0 Å². The SMILES string of the molecule is C=C1N=c2c(OC(C)(C)C)cc(B3OC(C)(C)C(C)(C)O3)cc2=[N+]1C(C)C. The Morgan fingerprint density at radius 1 is 1.11 bits per heavy atom. The van der Waals surface area contributed by atoms with E-state index in [2.05, 4.69) is 63.8 Å². The van der Waals surface area contributed by atoms with Crippen LogP contribution in [0.3, 0.4) is 0 Å². The molecule has 2 aliphatic heterocycles. The molecule has 146 valence electrons. The molecule has 5 nitrogen and oxygen atoms in total. The molecule has 1 saturated heterocycles. The Balaban J connectivity index is 2.21. The molecule has 0 aliphatic carbocycles. The minimum atomic E-state index is -0.453. The van der Waals surface area contributed by atoms with Crippen molar-refractivity contribution in [2.45, 2.75) is 85.2 Å². The maximum Gasteiger partial charge on any atom is 0.495 e. The number of ether oxygens (including phenoxy) is 1. The smallest absolute Gasteiger partial charge is 0.483 e. The first-order chi connectivity index (χ1) is 12.2. The summed E-state index contributed by atoms with van der Waals surface area (Å²) in [5.41, 5.74) is -0.201. The van der Waals surface area contributed by atoms with Crippen LogP contribution in [0, 0.1) is 0 Å². The Morgan fingerprint density at radius 2 is 1.67 bits per heavy atom. The zero-order valence-corrected chi connectivity index (χ0v) is 18.1. The third-order valence-electron chi connectivity index (χ3n) is 5.31. The average molecular weight is 371 g/mol. The van der Waals surface area contributed by atoms with Gasteiger partial charge in [0.1, 0.15) is 5.60 Å². The van der Waals surface area contributed by atoms with Gasteiger partial charge in [-0.05, 0) is 91.5 Å². The number of hydrogen-bond acceptors (Lipinski definition) is 4. The van der Waals surface area contributed by atoms with Crippen molar-refractivity contribution in [3.8, 4) is 5.75 Å². The molecule has 0 unspecified atom stereocenters. The number of nitrogens with zero attached hydrogens (tertiary/aromatic N) is 2. The second-order valence-corrected chi connectivity index (χ2v) is 9.68. The second kappa shape index (κ2) is 6.18. The van der Waals surface area contributed by atoms with Gasteiger partial charge in [-0.1, -0.05) is 0 Å². The lowest BCUT2D eigenvalue weighted by atomic mass is 9.79. The summed E-state index contributed by atoms with van der Waals surface area (Å²) in [6, 6.07) is 4.32. The van der Waals surface area contributed by atoms with E-state index >= 15 is 0 Å². The molecule has 0 N–H and O–H groups in total. The van der Waals surface area contributed by atoms with Crippen molar-refractivity contribution in [2.75, 3.05) is 0 Å². The van der Waals surface area contributed by atoms with Crippen molar-refractivity contribution >= 4 is 12.6 Å². The summed E-state index contributed by atoms with van der Waals surface area (Å²) in [5, 5.41) is 1.81. The molecule has 0 radical (unpaired) electrons. The minimum absolute atomic E-state index is 0.235. The second-order valence-electron chi connectivity index (χ2n) is 9.68. The lowest BCUT2D eigenvalue weighted by Gasteiger charge is -2.32. The van der Waals surface area contributed by atoms with Crippen LogP contribution in [-0.4, -0.2) is 30.0 Å². The highest BCUT2D eigenvalue weighted by Gasteiger charge is 2.52. The lowest BCUT2D eigenvalue weighted by Crippen LogP contribution is -2.45. The van der Waals surface area contributed by atoms with Crippen molar-refractivity contribution in [2.24, 2.45) is 4.99 Å². The van der Waals surface area contributed by atoms with E-state index in [-0.39, 0.29) is 11.6 Å². The Kier molecular flexibility index (Phi) is 4.60. The molecule has 27 heavy (non-hydrogen) atoms. The van der Waals surface area contributed by atoms with Gasteiger partial charge in [-0.25, -0.2) is 4.58 Å². The van der Waals surface area contributed by atoms with Gasteiger partial charge in [0.05, 0.1) is 17.2 Å². The zero-order chi connectivity index (χ0) is 20.4. The van der Waals surface area contributed by atoms with Crippen LogP contribution in [0.4, 0.5) is 0 Å². The Hall–Kier alpha value is -1.66. The van der Waals surface area contributed by atoms with Gasteiger partial charge in [0.25, 0.3) is 5.36 Å². The van der Waals surface area contributed by atoms with E-state index in [4.69, 9.17) is 14.0 Å². The normalized spacial score (nSPS) is 20.9. The lowest BCUT2D eigenvalue weighted by molar-refractivity contribution is 0.00578. The standard InChI is InChI=1S/C21H32BN2O3/c1-13(2)24-14(3)23-18-16(24)11-15(12-17(18)25-19(4,5)6)22-26-20(7,8)21(9,10)27-22/h11-13H,3H2,1-2,4-10H3/q+1. The average Bonchev–Trinajstić information content (AvgIpc) is 2.90. The number of benzene rings is 1. The first-order valence-corrected chi connectivity index (χ1v) is 9.64. The summed E-state index contributed by atoms with van der Waals surface area (Å²) in [6.07, 6.45) is 0. The Bertz CT molecular complexity index is 895. The van der Waals surface area contributed by atoms with Crippen molar-refractivity contribution in [3.63, 3.8) is 0 Å². The molecule has 6 heteroatoms. The van der Waals surface area contributed by atoms with E-state index in [1.54, 1.807) is 0 Å². The van der Waals surface area contributed by atoms with Crippen molar-refractivity contribution in [1.29, 1.82) is 0 Å². The van der Waals surface area contributed by atoms with E-state index in [1.807, 2.05) is 26.8 Å². The maximum atomic E-state index is 6.27. The first-order valence-electron chi connectivity index (χ1n) is 9.64. The van der Waals surface area contributed by atoms with Crippen molar-refractivity contribution in [1.82, 2.24) is 4.58 Å². The highest BCUT2D eigenvalue weighted by Crippen LogP contribution is 2.36. The fourth-order valence-corrected chi connectivity index (χ4v) is 3.33. The molecule has 0 spiro atoms. The first kappa shape index (κ1) is 20.1. The highest BCUT2D eigenvalue weighted by molar-refractivity contribution is 6.62. The van der Waals surface area contributed by atoms with Gasteiger partial charge in [-0.2, -0.15) is 0 Å². The third-order valence-corrected chi connectivity index (χ3v) is 5.31. The molecule has 0 amide bonds. The van der Waals surface area contributed by atoms with Crippen LogP contribution in [0.5, 0.6) is 5.75 Å². The highest BCUT2D eigenvalue weighted by atomic mass is 16.7. The van der Waals surface area contributed by atoms with Crippen LogP contribution in [0.15, 0.2) is 29.5 Å². The van der Waals surface area contributed by atoms with Gasteiger partial charge in [0.2, 0.25) is 0 Å². The quantitative estimate of drug-likeness (QED) is 0.604. The summed E-state index contributed by atoms with van der Waals surface area (Å²) in [4.78, 5) is 4.69. The molecular weight excluding hydrogens is 339 g/mol. The van der Waals surface area contributed by atoms with Crippen LogP contribution in [-0.2, 0) is 9.31 Å². The van der Waals surface area contributed by atoms with E-state index in [1.165, 1.54) is 0 Å². The maximum absolute atomic E-state index is 6.27. The molecule has 2 heterocycles. The number of rotatable bonds is 3. The van der Waals surface area contributed by atoms with Gasteiger partial charge < -0.3 is 14.0 Å². The third kappa shape index (κ3) is 3.57. The van der Waals surface area contributed by atoms with E-state index < -0.39 is 18.3 Å². The fraction of sp³-hybridized carbons (Fsp3) is 0.619. The predicted octanol–water partition coefficient (Wildman–Crippen LogP) is 2.17.